The van der Waals surface area contributed by atoms with Gasteiger partial charge in [-0.1, -0.05) is 30.3 Å². The normalized spacial score (nSPS) is 13.6. The molecule has 1 aromatic carbocycles. The van der Waals surface area contributed by atoms with Gasteiger partial charge in [-0.25, -0.2) is 4.68 Å². The Labute approximate surface area is 174 Å². The number of rotatable bonds is 3. The fourth-order valence-corrected chi connectivity index (χ4v) is 3.91. The highest BCUT2D eigenvalue weighted by atomic mass is 16.2. The standard InChI is InChI=1S/C23H24N6O/c1-23(2,3)29-21(27-11-7-8-12-27)17-14-28(15-20(17)26-29)22(30)19-13-18(24-25-19)16-9-5-4-6-10-16/h4-13H,14-15H2,1-3H3,(H,24,25). The quantitative estimate of drug-likeness (QED) is 0.565. The number of H-pyrrole nitrogens is 1. The molecule has 4 heterocycles. The molecular formula is C23H24N6O. The average Bonchev–Trinajstić information content (AvgIpc) is 3.50. The molecule has 0 aliphatic carbocycles. The predicted octanol–water partition coefficient (Wildman–Crippen LogP) is 3.97. The van der Waals surface area contributed by atoms with Crippen molar-refractivity contribution in [1.82, 2.24) is 29.4 Å². The monoisotopic (exact) mass is 400 g/mol. The number of hydrogen-bond donors (Lipinski definition) is 1. The first-order valence-corrected chi connectivity index (χ1v) is 10.1. The Balaban J connectivity index is 1.44. The number of fused-ring (bicyclic) bond motifs is 1. The molecule has 0 radical (unpaired) electrons. The number of carbonyl (C=O) groups excluding carboxylic acids is 1. The van der Waals surface area contributed by atoms with Crippen LogP contribution in [0.15, 0.2) is 60.9 Å². The Morgan fingerprint density at radius 2 is 1.77 bits per heavy atom. The molecule has 1 amide bonds. The number of aromatic nitrogens is 5. The topological polar surface area (TPSA) is 71.7 Å². The molecule has 4 aromatic rings. The average molecular weight is 400 g/mol. The van der Waals surface area contributed by atoms with E-state index in [1.807, 2.05) is 65.8 Å². The van der Waals surface area contributed by atoms with Crippen LogP contribution in [0.3, 0.4) is 0 Å². The van der Waals surface area contributed by atoms with Crippen molar-refractivity contribution in [3.63, 3.8) is 0 Å². The summed E-state index contributed by atoms with van der Waals surface area (Å²) in [5.74, 6) is 0.954. The summed E-state index contributed by atoms with van der Waals surface area (Å²) in [6.45, 7) is 7.44. The van der Waals surface area contributed by atoms with Gasteiger partial charge < -0.3 is 9.47 Å². The molecule has 1 aliphatic heterocycles. The van der Waals surface area contributed by atoms with Gasteiger partial charge in [-0.15, -0.1) is 0 Å². The lowest BCUT2D eigenvalue weighted by Crippen LogP contribution is -2.29. The predicted molar refractivity (Wildman–Crippen MR) is 114 cm³/mol. The molecule has 152 valence electrons. The van der Waals surface area contributed by atoms with E-state index in [0.29, 0.717) is 18.8 Å². The lowest BCUT2D eigenvalue weighted by molar-refractivity contribution is 0.0742. The summed E-state index contributed by atoms with van der Waals surface area (Å²) in [7, 11) is 0. The fraction of sp³-hybridized carbons (Fsp3) is 0.261. The number of carbonyl (C=O) groups is 1. The second-order valence-corrected chi connectivity index (χ2v) is 8.62. The van der Waals surface area contributed by atoms with Crippen molar-refractivity contribution >= 4 is 5.91 Å². The largest absolute Gasteiger partial charge is 0.327 e. The van der Waals surface area contributed by atoms with Crippen molar-refractivity contribution in [2.75, 3.05) is 0 Å². The Morgan fingerprint density at radius 1 is 1.03 bits per heavy atom. The molecular weight excluding hydrogens is 376 g/mol. The maximum Gasteiger partial charge on any atom is 0.272 e. The molecule has 0 unspecified atom stereocenters. The van der Waals surface area contributed by atoms with Crippen LogP contribution < -0.4 is 0 Å². The van der Waals surface area contributed by atoms with Gasteiger partial charge >= 0.3 is 0 Å². The molecule has 30 heavy (non-hydrogen) atoms. The lowest BCUT2D eigenvalue weighted by Gasteiger charge is -2.24. The van der Waals surface area contributed by atoms with Gasteiger partial charge in [-0.2, -0.15) is 10.2 Å². The van der Waals surface area contributed by atoms with Crippen molar-refractivity contribution < 1.29 is 4.79 Å². The molecule has 0 spiro atoms. The highest BCUT2D eigenvalue weighted by Crippen LogP contribution is 2.32. The molecule has 5 rings (SSSR count). The molecule has 3 aromatic heterocycles. The van der Waals surface area contributed by atoms with Crippen molar-refractivity contribution in [3.05, 3.63) is 77.9 Å². The molecule has 0 bridgehead atoms. The number of aromatic amines is 1. The molecule has 1 aliphatic rings. The Kier molecular flexibility index (Phi) is 4.13. The molecule has 0 saturated carbocycles. The minimum Gasteiger partial charge on any atom is -0.327 e. The van der Waals surface area contributed by atoms with Crippen molar-refractivity contribution in [2.45, 2.75) is 39.4 Å². The molecule has 7 nitrogen and oxygen atoms in total. The summed E-state index contributed by atoms with van der Waals surface area (Å²) in [5.41, 5.74) is 4.12. The van der Waals surface area contributed by atoms with Crippen LogP contribution >= 0.6 is 0 Å². The number of nitrogens with one attached hydrogen (secondary N) is 1. The Morgan fingerprint density at radius 3 is 2.47 bits per heavy atom. The highest BCUT2D eigenvalue weighted by molar-refractivity contribution is 5.93. The van der Waals surface area contributed by atoms with Crippen LogP contribution in [0.2, 0.25) is 0 Å². The summed E-state index contributed by atoms with van der Waals surface area (Å²) in [6, 6.07) is 15.7. The first-order valence-electron chi connectivity index (χ1n) is 10.1. The Hall–Kier alpha value is -3.61. The van der Waals surface area contributed by atoms with E-state index < -0.39 is 0 Å². The zero-order valence-electron chi connectivity index (χ0n) is 17.3. The summed E-state index contributed by atoms with van der Waals surface area (Å²) < 4.78 is 4.14. The zero-order chi connectivity index (χ0) is 20.9. The van der Waals surface area contributed by atoms with Gasteiger partial charge in [0, 0.05) is 23.5 Å². The molecule has 0 saturated heterocycles. The fourth-order valence-electron chi connectivity index (χ4n) is 3.91. The summed E-state index contributed by atoms with van der Waals surface area (Å²) in [6.07, 6.45) is 4.04. The van der Waals surface area contributed by atoms with Gasteiger partial charge in [0.15, 0.2) is 0 Å². The van der Waals surface area contributed by atoms with Crippen LogP contribution in [0.5, 0.6) is 0 Å². The number of hydrogen-bond acceptors (Lipinski definition) is 3. The third-order valence-electron chi connectivity index (χ3n) is 5.38. The summed E-state index contributed by atoms with van der Waals surface area (Å²) in [4.78, 5) is 15.0. The first-order chi connectivity index (χ1) is 14.4. The molecule has 1 N–H and O–H groups in total. The van der Waals surface area contributed by atoms with Crippen LogP contribution in [0.1, 0.15) is 42.5 Å². The van der Waals surface area contributed by atoms with E-state index in [2.05, 4.69) is 40.2 Å². The van der Waals surface area contributed by atoms with Gasteiger partial charge in [0.1, 0.15) is 11.5 Å². The molecule has 0 atom stereocenters. The van der Waals surface area contributed by atoms with Crippen molar-refractivity contribution in [2.24, 2.45) is 0 Å². The Bertz CT molecular complexity index is 1190. The second kappa shape index (κ2) is 6.73. The summed E-state index contributed by atoms with van der Waals surface area (Å²) >= 11 is 0. The number of nitrogens with zero attached hydrogens (tertiary/aromatic N) is 5. The van der Waals surface area contributed by atoms with E-state index in [1.54, 1.807) is 0 Å². The van der Waals surface area contributed by atoms with E-state index in [-0.39, 0.29) is 11.4 Å². The van der Waals surface area contributed by atoms with Gasteiger partial charge in [0.2, 0.25) is 0 Å². The minimum absolute atomic E-state index is 0.0663. The smallest absolute Gasteiger partial charge is 0.272 e. The third kappa shape index (κ3) is 3.03. The van der Waals surface area contributed by atoms with E-state index in [0.717, 1.165) is 28.3 Å². The van der Waals surface area contributed by atoms with E-state index in [1.165, 1.54) is 0 Å². The molecule has 7 heteroatoms. The van der Waals surface area contributed by atoms with Crippen molar-refractivity contribution in [1.29, 1.82) is 0 Å². The SMILES string of the molecule is CC(C)(C)n1nc2c(c1-n1cccc1)CN(C(=O)c1cc(-c3ccccc3)n[nH]1)C2. The van der Waals surface area contributed by atoms with Crippen LogP contribution in [0.25, 0.3) is 17.1 Å². The van der Waals surface area contributed by atoms with E-state index >= 15 is 0 Å². The van der Waals surface area contributed by atoms with Gasteiger partial charge in [0.25, 0.3) is 5.91 Å². The van der Waals surface area contributed by atoms with Gasteiger partial charge in [0.05, 0.1) is 30.0 Å². The number of amides is 1. The zero-order valence-corrected chi connectivity index (χ0v) is 17.3. The minimum atomic E-state index is -0.160. The van der Waals surface area contributed by atoms with Gasteiger partial charge in [-0.3, -0.25) is 9.89 Å². The van der Waals surface area contributed by atoms with Crippen LogP contribution in [0.4, 0.5) is 0 Å². The van der Waals surface area contributed by atoms with Crippen LogP contribution in [0, 0.1) is 0 Å². The van der Waals surface area contributed by atoms with Crippen LogP contribution in [-0.4, -0.2) is 35.4 Å². The van der Waals surface area contributed by atoms with Crippen LogP contribution in [-0.2, 0) is 18.6 Å². The highest BCUT2D eigenvalue weighted by Gasteiger charge is 2.34. The van der Waals surface area contributed by atoms with E-state index in [9.17, 15) is 4.79 Å². The second-order valence-electron chi connectivity index (χ2n) is 8.62. The summed E-state index contributed by atoms with van der Waals surface area (Å²) in [5, 5.41) is 12.1. The molecule has 0 fully saturated rings. The maximum atomic E-state index is 13.2. The number of benzene rings is 1. The maximum absolute atomic E-state index is 13.2. The van der Waals surface area contributed by atoms with Crippen molar-refractivity contribution in [3.8, 4) is 17.1 Å². The third-order valence-corrected chi connectivity index (χ3v) is 5.38. The lowest BCUT2D eigenvalue weighted by atomic mass is 10.1. The van der Waals surface area contributed by atoms with Gasteiger partial charge in [-0.05, 0) is 39.0 Å². The first kappa shape index (κ1) is 18.4. The van der Waals surface area contributed by atoms with E-state index in [4.69, 9.17) is 5.10 Å².